The molecular weight excluding hydrogens is 320 g/mol. The lowest BCUT2D eigenvalue weighted by atomic mass is 10.2. The Hall–Kier alpha value is -3.02. The second-order valence-electron chi connectivity index (χ2n) is 5.86. The number of rotatable bonds is 6. The Kier molecular flexibility index (Phi) is 4.88. The molecule has 6 heteroatoms. The van der Waals surface area contributed by atoms with Crippen molar-refractivity contribution in [2.75, 3.05) is 7.05 Å². The molecule has 0 saturated heterocycles. The van der Waals surface area contributed by atoms with E-state index < -0.39 is 0 Å². The molecule has 0 fully saturated rings. The number of carbonyl (C=O) groups is 1. The van der Waals surface area contributed by atoms with Crippen molar-refractivity contribution < 1.29 is 18.5 Å². The van der Waals surface area contributed by atoms with E-state index >= 15 is 0 Å². The maximum atomic E-state index is 12.4. The summed E-state index contributed by atoms with van der Waals surface area (Å²) in [5.74, 6) is 2.11. The van der Waals surface area contributed by atoms with Gasteiger partial charge in [0.15, 0.2) is 0 Å². The van der Waals surface area contributed by atoms with Gasteiger partial charge in [0, 0.05) is 12.6 Å². The number of aromatic nitrogens is 1. The standard InChI is InChI=1S/C19H20N2O4/c1-13-18(14(2)25-20-13)12-24-16-8-6-15(7-9-16)19(22)21(3)11-17-5-4-10-23-17/h4-10H,11-12H2,1-3H3. The fourth-order valence-corrected chi connectivity index (χ4v) is 2.49. The fraction of sp³-hybridized carbons (Fsp3) is 0.263. The van der Waals surface area contributed by atoms with Gasteiger partial charge in [-0.1, -0.05) is 5.16 Å². The van der Waals surface area contributed by atoms with Crippen LogP contribution in [0.1, 0.15) is 33.1 Å². The van der Waals surface area contributed by atoms with Crippen LogP contribution >= 0.6 is 0 Å². The lowest BCUT2D eigenvalue weighted by Gasteiger charge is -2.16. The van der Waals surface area contributed by atoms with Gasteiger partial charge in [-0.05, 0) is 50.2 Å². The molecular formula is C19H20N2O4. The number of aryl methyl sites for hydroxylation is 2. The first-order valence-electron chi connectivity index (χ1n) is 7.97. The molecule has 0 saturated carbocycles. The van der Waals surface area contributed by atoms with Gasteiger partial charge in [-0.25, -0.2) is 0 Å². The highest BCUT2D eigenvalue weighted by Crippen LogP contribution is 2.18. The van der Waals surface area contributed by atoms with Crippen LogP contribution in [0.5, 0.6) is 5.75 Å². The van der Waals surface area contributed by atoms with Gasteiger partial charge < -0.3 is 18.6 Å². The van der Waals surface area contributed by atoms with Gasteiger partial charge in [0.05, 0.1) is 24.1 Å². The van der Waals surface area contributed by atoms with Crippen LogP contribution in [0.3, 0.4) is 0 Å². The van der Waals surface area contributed by atoms with Gasteiger partial charge in [-0.15, -0.1) is 0 Å². The highest BCUT2D eigenvalue weighted by Gasteiger charge is 2.14. The Labute approximate surface area is 146 Å². The number of amides is 1. The van der Waals surface area contributed by atoms with Crippen molar-refractivity contribution in [1.29, 1.82) is 0 Å². The van der Waals surface area contributed by atoms with Crippen LogP contribution in [-0.4, -0.2) is 23.0 Å². The van der Waals surface area contributed by atoms with Crippen LogP contribution in [0.4, 0.5) is 0 Å². The molecule has 130 valence electrons. The molecule has 2 aromatic heterocycles. The van der Waals surface area contributed by atoms with Crippen LogP contribution < -0.4 is 4.74 Å². The third-order valence-corrected chi connectivity index (χ3v) is 3.99. The summed E-state index contributed by atoms with van der Waals surface area (Å²) in [5.41, 5.74) is 2.36. The van der Waals surface area contributed by atoms with Crippen LogP contribution in [0.15, 0.2) is 51.6 Å². The normalized spacial score (nSPS) is 10.7. The highest BCUT2D eigenvalue weighted by atomic mass is 16.5. The predicted octanol–water partition coefficient (Wildman–Crippen LogP) is 3.74. The molecule has 0 radical (unpaired) electrons. The molecule has 2 heterocycles. The van der Waals surface area contributed by atoms with Gasteiger partial charge in [0.2, 0.25) is 0 Å². The molecule has 1 aromatic carbocycles. The smallest absolute Gasteiger partial charge is 0.254 e. The van der Waals surface area contributed by atoms with E-state index in [-0.39, 0.29) is 5.91 Å². The first-order valence-corrected chi connectivity index (χ1v) is 7.97. The van der Waals surface area contributed by atoms with E-state index in [0.717, 1.165) is 22.8 Å². The zero-order chi connectivity index (χ0) is 17.8. The first kappa shape index (κ1) is 16.8. The SMILES string of the molecule is Cc1noc(C)c1COc1ccc(C(=O)N(C)Cc2ccco2)cc1. The number of furan rings is 1. The summed E-state index contributed by atoms with van der Waals surface area (Å²) in [6.07, 6.45) is 1.60. The molecule has 25 heavy (non-hydrogen) atoms. The summed E-state index contributed by atoms with van der Waals surface area (Å²) in [7, 11) is 1.74. The molecule has 3 rings (SSSR count). The Morgan fingerprint density at radius 1 is 1.20 bits per heavy atom. The number of carbonyl (C=O) groups excluding carboxylic acids is 1. The molecule has 0 spiro atoms. The topological polar surface area (TPSA) is 68.7 Å². The van der Waals surface area contributed by atoms with Crippen molar-refractivity contribution >= 4 is 5.91 Å². The average molecular weight is 340 g/mol. The van der Waals surface area contributed by atoms with Crippen molar-refractivity contribution in [3.63, 3.8) is 0 Å². The molecule has 0 aliphatic heterocycles. The Morgan fingerprint density at radius 3 is 2.56 bits per heavy atom. The molecule has 0 atom stereocenters. The van der Waals surface area contributed by atoms with Crippen molar-refractivity contribution in [2.45, 2.75) is 27.0 Å². The molecule has 1 amide bonds. The van der Waals surface area contributed by atoms with Crippen LogP contribution in [-0.2, 0) is 13.2 Å². The molecule has 0 unspecified atom stereocenters. The zero-order valence-electron chi connectivity index (χ0n) is 14.5. The lowest BCUT2D eigenvalue weighted by Crippen LogP contribution is -2.25. The van der Waals surface area contributed by atoms with Crippen LogP contribution in [0.25, 0.3) is 0 Å². The van der Waals surface area contributed by atoms with E-state index in [9.17, 15) is 4.79 Å². The third-order valence-electron chi connectivity index (χ3n) is 3.99. The highest BCUT2D eigenvalue weighted by molar-refractivity contribution is 5.94. The van der Waals surface area contributed by atoms with E-state index in [1.807, 2.05) is 19.9 Å². The maximum absolute atomic E-state index is 12.4. The number of nitrogens with zero attached hydrogens (tertiary/aromatic N) is 2. The van der Waals surface area contributed by atoms with Crippen LogP contribution in [0, 0.1) is 13.8 Å². The molecule has 0 aliphatic carbocycles. The first-order chi connectivity index (χ1) is 12.0. The molecule has 6 nitrogen and oxygen atoms in total. The van der Waals surface area contributed by atoms with Gasteiger partial charge in [0.25, 0.3) is 5.91 Å². The van der Waals surface area contributed by atoms with E-state index in [4.69, 9.17) is 13.7 Å². The van der Waals surface area contributed by atoms with Gasteiger partial charge >= 0.3 is 0 Å². The fourth-order valence-electron chi connectivity index (χ4n) is 2.49. The Bertz CT molecular complexity index is 815. The number of ether oxygens (including phenoxy) is 1. The second-order valence-corrected chi connectivity index (χ2v) is 5.86. The average Bonchev–Trinajstić information content (AvgIpc) is 3.23. The zero-order valence-corrected chi connectivity index (χ0v) is 14.5. The number of hydrogen-bond acceptors (Lipinski definition) is 5. The van der Waals surface area contributed by atoms with E-state index in [1.165, 1.54) is 0 Å². The molecule has 3 aromatic rings. The minimum absolute atomic E-state index is 0.0753. The summed E-state index contributed by atoms with van der Waals surface area (Å²) in [4.78, 5) is 14.0. The van der Waals surface area contributed by atoms with Gasteiger partial charge in [-0.3, -0.25) is 4.79 Å². The predicted molar refractivity (Wildman–Crippen MR) is 91.3 cm³/mol. The minimum Gasteiger partial charge on any atom is -0.489 e. The number of hydrogen-bond donors (Lipinski definition) is 0. The van der Waals surface area contributed by atoms with Crippen molar-refractivity contribution in [3.8, 4) is 5.75 Å². The van der Waals surface area contributed by atoms with Crippen LogP contribution in [0.2, 0.25) is 0 Å². The summed E-state index contributed by atoms with van der Waals surface area (Å²) >= 11 is 0. The van der Waals surface area contributed by atoms with E-state index in [2.05, 4.69) is 5.16 Å². The maximum Gasteiger partial charge on any atom is 0.254 e. The minimum atomic E-state index is -0.0753. The molecule has 0 bridgehead atoms. The largest absolute Gasteiger partial charge is 0.489 e. The quantitative estimate of drug-likeness (QED) is 0.684. The van der Waals surface area contributed by atoms with Crippen molar-refractivity contribution in [1.82, 2.24) is 10.1 Å². The summed E-state index contributed by atoms with van der Waals surface area (Å²) in [6.45, 7) is 4.55. The summed E-state index contributed by atoms with van der Waals surface area (Å²) < 4.78 is 16.1. The van der Waals surface area contributed by atoms with Crippen molar-refractivity contribution in [3.05, 3.63) is 71.0 Å². The summed E-state index contributed by atoms with van der Waals surface area (Å²) in [5, 5.41) is 3.90. The summed E-state index contributed by atoms with van der Waals surface area (Å²) in [6, 6.07) is 10.7. The van der Waals surface area contributed by atoms with E-state index in [1.54, 1.807) is 48.5 Å². The second kappa shape index (κ2) is 7.25. The molecule has 0 N–H and O–H groups in total. The van der Waals surface area contributed by atoms with Crippen molar-refractivity contribution in [2.24, 2.45) is 0 Å². The third kappa shape index (κ3) is 3.91. The monoisotopic (exact) mass is 340 g/mol. The Balaban J connectivity index is 1.60. The molecule has 0 aliphatic rings. The Morgan fingerprint density at radius 2 is 1.96 bits per heavy atom. The number of benzene rings is 1. The van der Waals surface area contributed by atoms with E-state index in [0.29, 0.717) is 24.5 Å². The van der Waals surface area contributed by atoms with Gasteiger partial charge in [0.1, 0.15) is 23.9 Å². The van der Waals surface area contributed by atoms with Gasteiger partial charge in [-0.2, -0.15) is 0 Å². The lowest BCUT2D eigenvalue weighted by molar-refractivity contribution is 0.0775.